The molecule has 0 saturated carbocycles. The maximum absolute atomic E-state index is 13.6. The van der Waals surface area contributed by atoms with Crippen molar-refractivity contribution < 1.29 is 9.18 Å². The number of amides is 1. The third-order valence-electron chi connectivity index (χ3n) is 3.22. The molecule has 2 aromatic rings. The topological polar surface area (TPSA) is 36.4 Å². The molecule has 4 nitrogen and oxygen atoms in total. The lowest BCUT2D eigenvalue weighted by Gasteiger charge is -2.18. The summed E-state index contributed by atoms with van der Waals surface area (Å²) in [4.78, 5) is 19.3. The normalized spacial score (nSPS) is 10.3. The Kier molecular flexibility index (Phi) is 4.52. The van der Waals surface area contributed by atoms with E-state index in [1.165, 1.54) is 17.2 Å². The molecule has 0 fully saturated rings. The van der Waals surface area contributed by atoms with E-state index in [0.29, 0.717) is 6.54 Å². The molecule has 1 heterocycles. The Morgan fingerprint density at radius 1 is 1.14 bits per heavy atom. The highest BCUT2D eigenvalue weighted by molar-refractivity contribution is 5.94. The molecule has 0 bridgehead atoms. The molecule has 0 aliphatic rings. The van der Waals surface area contributed by atoms with Gasteiger partial charge in [0.2, 0.25) is 0 Å². The number of carbonyl (C=O) groups is 1. The molecule has 0 atom stereocenters. The van der Waals surface area contributed by atoms with Gasteiger partial charge in [-0.3, -0.25) is 9.78 Å². The Hall–Kier alpha value is -2.43. The smallest absolute Gasteiger partial charge is 0.256 e. The van der Waals surface area contributed by atoms with Gasteiger partial charge in [0.05, 0.1) is 11.8 Å². The Balaban J connectivity index is 2.09. The van der Waals surface area contributed by atoms with Crippen LogP contribution < -0.4 is 4.90 Å². The number of anilines is 1. The lowest BCUT2D eigenvalue weighted by molar-refractivity contribution is 0.0780. The van der Waals surface area contributed by atoms with Crippen LogP contribution in [0.3, 0.4) is 0 Å². The molecule has 0 aliphatic heterocycles. The minimum absolute atomic E-state index is 0.0393. The van der Waals surface area contributed by atoms with Gasteiger partial charge in [0.1, 0.15) is 0 Å². The van der Waals surface area contributed by atoms with Gasteiger partial charge in [0.15, 0.2) is 5.82 Å². The van der Waals surface area contributed by atoms with Gasteiger partial charge < -0.3 is 9.80 Å². The molecule has 1 aromatic heterocycles. The highest BCUT2D eigenvalue weighted by Crippen LogP contribution is 2.15. The van der Waals surface area contributed by atoms with Gasteiger partial charge in [0.25, 0.3) is 5.91 Å². The molecule has 0 aliphatic carbocycles. The molecule has 1 aromatic carbocycles. The van der Waals surface area contributed by atoms with Crippen LogP contribution in [-0.4, -0.2) is 36.9 Å². The van der Waals surface area contributed by atoms with Crippen LogP contribution in [0, 0.1) is 5.82 Å². The standard InChI is InChI=1S/C16H18FN3O/c1-19(2)13-6-4-12(5-7-13)11-20(3)16(21)14-8-9-18-10-15(14)17/h4-10H,11H2,1-3H3. The number of hydrogen-bond donors (Lipinski definition) is 0. The van der Waals surface area contributed by atoms with Crippen molar-refractivity contribution in [2.24, 2.45) is 0 Å². The van der Waals surface area contributed by atoms with E-state index in [9.17, 15) is 9.18 Å². The number of pyridine rings is 1. The maximum Gasteiger partial charge on any atom is 0.256 e. The number of nitrogens with zero attached hydrogens (tertiary/aromatic N) is 3. The van der Waals surface area contributed by atoms with E-state index in [-0.39, 0.29) is 11.5 Å². The van der Waals surface area contributed by atoms with Crippen molar-refractivity contribution in [3.05, 3.63) is 59.7 Å². The zero-order valence-electron chi connectivity index (χ0n) is 12.4. The number of rotatable bonds is 4. The van der Waals surface area contributed by atoms with Gasteiger partial charge in [-0.2, -0.15) is 0 Å². The average Bonchev–Trinajstić information content (AvgIpc) is 2.47. The van der Waals surface area contributed by atoms with Crippen molar-refractivity contribution in [1.82, 2.24) is 9.88 Å². The third kappa shape index (κ3) is 3.56. The summed E-state index contributed by atoms with van der Waals surface area (Å²) >= 11 is 0. The Bertz CT molecular complexity index is 626. The number of benzene rings is 1. The minimum atomic E-state index is -0.600. The highest BCUT2D eigenvalue weighted by Gasteiger charge is 2.16. The van der Waals surface area contributed by atoms with E-state index >= 15 is 0 Å². The van der Waals surface area contributed by atoms with Crippen molar-refractivity contribution in [1.29, 1.82) is 0 Å². The summed E-state index contributed by atoms with van der Waals surface area (Å²) in [5.41, 5.74) is 2.12. The average molecular weight is 287 g/mol. The van der Waals surface area contributed by atoms with Gasteiger partial charge in [-0.1, -0.05) is 12.1 Å². The Labute approximate surface area is 123 Å². The van der Waals surface area contributed by atoms with Gasteiger partial charge in [0, 0.05) is 39.6 Å². The third-order valence-corrected chi connectivity index (χ3v) is 3.22. The summed E-state index contributed by atoms with van der Waals surface area (Å²) in [6.45, 7) is 0.425. The predicted octanol–water partition coefficient (Wildman–Crippen LogP) is 2.56. The van der Waals surface area contributed by atoms with Crippen molar-refractivity contribution in [2.45, 2.75) is 6.54 Å². The van der Waals surface area contributed by atoms with Gasteiger partial charge in [-0.15, -0.1) is 0 Å². The molecular weight excluding hydrogens is 269 g/mol. The molecule has 0 saturated heterocycles. The quantitative estimate of drug-likeness (QED) is 0.867. The molecule has 21 heavy (non-hydrogen) atoms. The van der Waals surface area contributed by atoms with E-state index in [4.69, 9.17) is 0 Å². The molecular formula is C16H18FN3O. The number of aromatic nitrogens is 1. The second-order valence-electron chi connectivity index (χ2n) is 5.08. The highest BCUT2D eigenvalue weighted by atomic mass is 19.1. The summed E-state index contributed by atoms with van der Waals surface area (Å²) in [7, 11) is 5.59. The van der Waals surface area contributed by atoms with Gasteiger partial charge in [-0.25, -0.2) is 4.39 Å². The first-order valence-electron chi connectivity index (χ1n) is 6.60. The molecule has 5 heteroatoms. The number of carbonyl (C=O) groups excluding carboxylic acids is 1. The van der Waals surface area contributed by atoms with E-state index in [2.05, 4.69) is 4.98 Å². The molecule has 0 N–H and O–H groups in total. The van der Waals surface area contributed by atoms with Gasteiger partial charge >= 0.3 is 0 Å². The SMILES string of the molecule is CN(Cc1ccc(N(C)C)cc1)C(=O)c1ccncc1F. The van der Waals surface area contributed by atoms with Crippen LogP contribution in [-0.2, 0) is 6.54 Å². The zero-order valence-corrected chi connectivity index (χ0v) is 12.4. The monoisotopic (exact) mass is 287 g/mol. The molecule has 0 unspecified atom stereocenters. The molecule has 0 spiro atoms. The van der Waals surface area contributed by atoms with E-state index in [1.807, 2.05) is 43.3 Å². The van der Waals surface area contributed by atoms with Crippen molar-refractivity contribution in [3.8, 4) is 0 Å². The predicted molar refractivity (Wildman–Crippen MR) is 80.8 cm³/mol. The van der Waals surface area contributed by atoms with Crippen molar-refractivity contribution >= 4 is 11.6 Å². The van der Waals surface area contributed by atoms with E-state index < -0.39 is 5.82 Å². The summed E-state index contributed by atoms with van der Waals surface area (Å²) in [6, 6.07) is 9.29. The van der Waals surface area contributed by atoms with E-state index in [0.717, 1.165) is 17.4 Å². The Morgan fingerprint density at radius 3 is 2.38 bits per heavy atom. The molecule has 0 radical (unpaired) electrons. The number of halogens is 1. The first kappa shape index (κ1) is 15.0. The van der Waals surface area contributed by atoms with Crippen LogP contribution in [0.2, 0.25) is 0 Å². The van der Waals surface area contributed by atoms with E-state index in [1.54, 1.807) is 7.05 Å². The largest absolute Gasteiger partial charge is 0.378 e. The van der Waals surface area contributed by atoms with Gasteiger partial charge in [-0.05, 0) is 23.8 Å². The zero-order chi connectivity index (χ0) is 15.4. The number of hydrogen-bond acceptors (Lipinski definition) is 3. The second-order valence-corrected chi connectivity index (χ2v) is 5.08. The second kappa shape index (κ2) is 6.35. The molecule has 110 valence electrons. The maximum atomic E-state index is 13.6. The van der Waals surface area contributed by atoms with Crippen LogP contribution >= 0.6 is 0 Å². The summed E-state index contributed by atoms with van der Waals surface area (Å²) in [6.07, 6.45) is 2.46. The Morgan fingerprint density at radius 2 is 1.81 bits per heavy atom. The molecule has 2 rings (SSSR count). The first-order chi connectivity index (χ1) is 9.99. The minimum Gasteiger partial charge on any atom is -0.378 e. The fraction of sp³-hybridized carbons (Fsp3) is 0.250. The van der Waals surface area contributed by atoms with Crippen molar-refractivity contribution in [2.75, 3.05) is 26.0 Å². The van der Waals surface area contributed by atoms with Crippen LogP contribution in [0.5, 0.6) is 0 Å². The fourth-order valence-corrected chi connectivity index (χ4v) is 2.00. The fourth-order valence-electron chi connectivity index (χ4n) is 2.00. The molecule has 1 amide bonds. The van der Waals surface area contributed by atoms with Crippen LogP contribution in [0.1, 0.15) is 15.9 Å². The first-order valence-corrected chi connectivity index (χ1v) is 6.60. The summed E-state index contributed by atoms with van der Waals surface area (Å²) < 4.78 is 13.6. The van der Waals surface area contributed by atoms with Crippen LogP contribution in [0.25, 0.3) is 0 Å². The summed E-state index contributed by atoms with van der Waals surface area (Å²) in [5, 5.41) is 0. The van der Waals surface area contributed by atoms with Crippen molar-refractivity contribution in [3.63, 3.8) is 0 Å². The van der Waals surface area contributed by atoms with Crippen LogP contribution in [0.15, 0.2) is 42.7 Å². The van der Waals surface area contributed by atoms with Crippen LogP contribution in [0.4, 0.5) is 10.1 Å². The lowest BCUT2D eigenvalue weighted by Crippen LogP contribution is -2.27. The lowest BCUT2D eigenvalue weighted by atomic mass is 10.1. The summed E-state index contributed by atoms with van der Waals surface area (Å²) in [5.74, 6) is -0.955.